The second kappa shape index (κ2) is 9.15. The number of anilines is 1. The number of methoxy groups -OCH3 is 1. The number of nitrogens with zero attached hydrogens (tertiary/aromatic N) is 4. The van der Waals surface area contributed by atoms with E-state index in [9.17, 15) is 14.4 Å². The number of aromatic nitrogens is 4. The summed E-state index contributed by atoms with van der Waals surface area (Å²) in [6, 6.07) is 7.08. The molecule has 32 heavy (non-hydrogen) atoms. The van der Waals surface area contributed by atoms with Crippen LogP contribution < -0.4 is 21.3 Å². The van der Waals surface area contributed by atoms with E-state index >= 15 is 0 Å². The van der Waals surface area contributed by atoms with Gasteiger partial charge in [-0.3, -0.25) is 18.7 Å². The third-order valence-electron chi connectivity index (χ3n) is 5.70. The molecule has 1 saturated carbocycles. The summed E-state index contributed by atoms with van der Waals surface area (Å²) in [7, 11) is 4.59. The number of aryl methyl sites for hydroxylation is 1. The Labute approximate surface area is 188 Å². The van der Waals surface area contributed by atoms with Crippen molar-refractivity contribution in [1.82, 2.24) is 19.1 Å². The summed E-state index contributed by atoms with van der Waals surface area (Å²) < 4.78 is 7.60. The lowest BCUT2D eigenvalue weighted by molar-refractivity contribution is -0.113. The van der Waals surface area contributed by atoms with Gasteiger partial charge in [0.1, 0.15) is 22.0 Å². The summed E-state index contributed by atoms with van der Waals surface area (Å²) in [6.07, 6.45) is 4.16. The van der Waals surface area contributed by atoms with E-state index in [4.69, 9.17) is 4.74 Å². The van der Waals surface area contributed by atoms with Crippen molar-refractivity contribution in [3.8, 4) is 5.75 Å². The highest BCUT2D eigenvalue weighted by Gasteiger charge is 2.24. The number of amides is 1. The molecule has 1 aliphatic carbocycles. The fourth-order valence-electron chi connectivity index (χ4n) is 3.95. The van der Waals surface area contributed by atoms with Gasteiger partial charge >= 0.3 is 5.69 Å². The fraction of sp³-hybridized carbons (Fsp3) is 0.409. The van der Waals surface area contributed by atoms with Gasteiger partial charge in [-0.25, -0.2) is 14.8 Å². The molecular formula is C22H25N5O4S. The van der Waals surface area contributed by atoms with Gasteiger partial charge in [0.05, 0.1) is 12.9 Å². The highest BCUT2D eigenvalue weighted by atomic mass is 32.2. The van der Waals surface area contributed by atoms with E-state index in [2.05, 4.69) is 15.3 Å². The van der Waals surface area contributed by atoms with Crippen LogP contribution in [-0.4, -0.2) is 37.9 Å². The Hall–Kier alpha value is -3.14. The Bertz CT molecular complexity index is 1290. The first-order chi connectivity index (χ1) is 15.4. The van der Waals surface area contributed by atoms with Crippen LogP contribution in [0.2, 0.25) is 0 Å². The highest BCUT2D eigenvalue weighted by Crippen LogP contribution is 2.34. The molecule has 2 heterocycles. The Morgan fingerprint density at radius 1 is 1.19 bits per heavy atom. The normalized spacial score (nSPS) is 14.1. The second-order valence-electron chi connectivity index (χ2n) is 7.84. The molecule has 0 bridgehead atoms. The summed E-state index contributed by atoms with van der Waals surface area (Å²) in [5.41, 5.74) is 0.0280. The van der Waals surface area contributed by atoms with E-state index < -0.39 is 11.2 Å². The molecule has 0 saturated heterocycles. The third-order valence-corrected chi connectivity index (χ3v) is 6.67. The maximum absolute atomic E-state index is 12.9. The van der Waals surface area contributed by atoms with Crippen molar-refractivity contribution < 1.29 is 9.53 Å². The Kier molecular flexibility index (Phi) is 6.31. The molecule has 1 aliphatic rings. The molecule has 0 spiro atoms. The van der Waals surface area contributed by atoms with Gasteiger partial charge in [-0.15, -0.1) is 0 Å². The van der Waals surface area contributed by atoms with Crippen molar-refractivity contribution in [3.63, 3.8) is 0 Å². The number of carbonyl (C=O) groups is 1. The van der Waals surface area contributed by atoms with Crippen LogP contribution in [0.25, 0.3) is 11.0 Å². The average molecular weight is 456 g/mol. The molecule has 0 aliphatic heterocycles. The number of ether oxygens (including phenoxy) is 1. The minimum atomic E-state index is -0.461. The van der Waals surface area contributed by atoms with Gasteiger partial charge in [0.2, 0.25) is 5.91 Å². The summed E-state index contributed by atoms with van der Waals surface area (Å²) in [4.78, 5) is 47.2. The number of hydrogen-bond acceptors (Lipinski definition) is 7. The zero-order valence-corrected chi connectivity index (χ0v) is 19.1. The molecule has 1 N–H and O–H groups in total. The van der Waals surface area contributed by atoms with Crippen molar-refractivity contribution in [2.45, 2.75) is 36.6 Å². The average Bonchev–Trinajstić information content (AvgIpc) is 3.34. The van der Waals surface area contributed by atoms with Gasteiger partial charge in [0, 0.05) is 31.8 Å². The smallest absolute Gasteiger partial charge is 0.332 e. The van der Waals surface area contributed by atoms with Gasteiger partial charge in [0.25, 0.3) is 5.56 Å². The molecule has 0 radical (unpaired) electrons. The Morgan fingerprint density at radius 3 is 2.66 bits per heavy atom. The molecule has 0 atom stereocenters. The van der Waals surface area contributed by atoms with Crippen LogP contribution in [0.1, 0.15) is 37.4 Å². The second-order valence-corrected chi connectivity index (χ2v) is 8.81. The molecule has 1 amide bonds. The lowest BCUT2D eigenvalue weighted by atomic mass is 10.1. The van der Waals surface area contributed by atoms with Gasteiger partial charge in [0.15, 0.2) is 5.65 Å². The van der Waals surface area contributed by atoms with Crippen molar-refractivity contribution in [2.75, 3.05) is 18.2 Å². The molecule has 3 aromatic rings. The van der Waals surface area contributed by atoms with Crippen LogP contribution in [0.4, 0.5) is 5.69 Å². The quantitative estimate of drug-likeness (QED) is 0.449. The van der Waals surface area contributed by atoms with E-state index in [0.29, 0.717) is 27.9 Å². The first-order valence-corrected chi connectivity index (χ1v) is 11.4. The van der Waals surface area contributed by atoms with Crippen molar-refractivity contribution in [1.29, 1.82) is 0 Å². The molecule has 2 aromatic heterocycles. The number of carbonyl (C=O) groups excluding carboxylic acids is 1. The summed E-state index contributed by atoms with van der Waals surface area (Å²) in [6.45, 7) is 0. The molecule has 1 aromatic carbocycles. The van der Waals surface area contributed by atoms with Crippen LogP contribution in [0.5, 0.6) is 5.75 Å². The first-order valence-electron chi connectivity index (χ1n) is 10.4. The van der Waals surface area contributed by atoms with Gasteiger partial charge in [-0.1, -0.05) is 30.7 Å². The minimum Gasteiger partial charge on any atom is -0.497 e. The van der Waals surface area contributed by atoms with E-state index in [-0.39, 0.29) is 23.0 Å². The zero-order chi connectivity index (χ0) is 22.8. The predicted molar refractivity (Wildman–Crippen MR) is 124 cm³/mol. The van der Waals surface area contributed by atoms with E-state index in [0.717, 1.165) is 30.3 Å². The molecular weight excluding hydrogens is 430 g/mol. The van der Waals surface area contributed by atoms with Gasteiger partial charge in [-0.2, -0.15) is 0 Å². The van der Waals surface area contributed by atoms with Crippen molar-refractivity contribution >= 4 is 34.4 Å². The van der Waals surface area contributed by atoms with E-state index in [1.807, 2.05) is 0 Å². The standard InChI is InChI=1S/C22H25N5O4S/c1-26-19-17(21(29)27(2)22(26)30)20(25-18(24-19)13-7-4-5-8-13)32-12-16(28)23-14-9-6-10-15(11-14)31-3/h6,9-11,13H,4-5,7-8,12H2,1-3H3,(H,23,28). The van der Waals surface area contributed by atoms with Gasteiger partial charge in [-0.05, 0) is 25.0 Å². The maximum atomic E-state index is 12.9. The molecule has 0 unspecified atom stereocenters. The van der Waals surface area contributed by atoms with Crippen LogP contribution in [-0.2, 0) is 18.9 Å². The fourth-order valence-corrected chi connectivity index (χ4v) is 4.77. The lowest BCUT2D eigenvalue weighted by Crippen LogP contribution is -2.38. The van der Waals surface area contributed by atoms with E-state index in [1.165, 1.54) is 23.4 Å². The SMILES string of the molecule is COc1cccc(NC(=O)CSc2nc(C3CCCC3)nc3c2c(=O)n(C)c(=O)n3C)c1. The Balaban J connectivity index is 1.67. The molecule has 10 heteroatoms. The van der Waals surface area contributed by atoms with Crippen molar-refractivity contribution in [2.24, 2.45) is 14.1 Å². The predicted octanol–water partition coefficient (Wildman–Crippen LogP) is 2.42. The summed E-state index contributed by atoms with van der Waals surface area (Å²) in [5.74, 6) is 1.29. The monoisotopic (exact) mass is 455 g/mol. The maximum Gasteiger partial charge on any atom is 0.332 e. The first kappa shape index (κ1) is 22.1. The van der Waals surface area contributed by atoms with Gasteiger partial charge < -0.3 is 10.1 Å². The summed E-state index contributed by atoms with van der Waals surface area (Å²) >= 11 is 1.17. The summed E-state index contributed by atoms with van der Waals surface area (Å²) in [5, 5.41) is 3.51. The van der Waals surface area contributed by atoms with Crippen LogP contribution in [0, 0.1) is 0 Å². The molecule has 4 rings (SSSR count). The highest BCUT2D eigenvalue weighted by molar-refractivity contribution is 8.00. The zero-order valence-electron chi connectivity index (χ0n) is 18.3. The minimum absolute atomic E-state index is 0.0550. The largest absolute Gasteiger partial charge is 0.497 e. The van der Waals surface area contributed by atoms with Crippen molar-refractivity contribution in [3.05, 3.63) is 50.9 Å². The number of benzene rings is 1. The van der Waals surface area contributed by atoms with Crippen LogP contribution in [0.3, 0.4) is 0 Å². The Morgan fingerprint density at radius 2 is 1.94 bits per heavy atom. The number of hydrogen-bond donors (Lipinski definition) is 1. The van der Waals surface area contributed by atoms with Crippen LogP contribution in [0.15, 0.2) is 38.9 Å². The topological polar surface area (TPSA) is 108 Å². The lowest BCUT2D eigenvalue weighted by Gasteiger charge is -2.14. The number of thioether (sulfide) groups is 1. The molecule has 168 valence electrons. The molecule has 9 nitrogen and oxygen atoms in total. The number of nitrogens with one attached hydrogen (secondary N) is 1. The van der Waals surface area contributed by atoms with E-state index in [1.54, 1.807) is 38.4 Å². The third kappa shape index (κ3) is 4.27. The molecule has 1 fully saturated rings. The number of fused-ring (bicyclic) bond motifs is 1. The van der Waals surface area contributed by atoms with Crippen LogP contribution >= 0.6 is 11.8 Å². The number of rotatable bonds is 6.